The summed E-state index contributed by atoms with van der Waals surface area (Å²) in [6, 6.07) is 8.78. The van der Waals surface area contributed by atoms with Gasteiger partial charge in [-0.2, -0.15) is 10.2 Å². The van der Waals surface area contributed by atoms with Crippen molar-refractivity contribution in [3.8, 4) is 16.9 Å². The summed E-state index contributed by atoms with van der Waals surface area (Å²) in [6.07, 6.45) is 9.73. The quantitative estimate of drug-likeness (QED) is 0.530. The van der Waals surface area contributed by atoms with Crippen LogP contribution in [0.1, 0.15) is 25.7 Å². The Morgan fingerprint density at radius 1 is 1.16 bits per heavy atom. The van der Waals surface area contributed by atoms with Crippen molar-refractivity contribution >= 4 is 16.7 Å². The van der Waals surface area contributed by atoms with E-state index < -0.39 is 0 Å². The van der Waals surface area contributed by atoms with Gasteiger partial charge in [0.15, 0.2) is 5.82 Å². The molecule has 0 aliphatic carbocycles. The van der Waals surface area contributed by atoms with E-state index >= 15 is 4.39 Å². The average Bonchev–Trinajstić information content (AvgIpc) is 3.55. The van der Waals surface area contributed by atoms with Gasteiger partial charge in [-0.05, 0) is 49.9 Å². The Morgan fingerprint density at radius 3 is 2.71 bits per heavy atom. The molecule has 2 saturated heterocycles. The second-order valence-electron chi connectivity index (χ2n) is 8.51. The highest BCUT2D eigenvalue weighted by molar-refractivity contribution is 5.97. The molecule has 4 aromatic rings. The van der Waals surface area contributed by atoms with Crippen LogP contribution in [0, 0.1) is 5.82 Å². The molecular weight excluding hydrogens is 395 g/mol. The van der Waals surface area contributed by atoms with Gasteiger partial charge in [-0.3, -0.25) is 5.10 Å². The second-order valence-corrected chi connectivity index (χ2v) is 8.51. The highest BCUT2D eigenvalue weighted by Crippen LogP contribution is 2.34. The van der Waals surface area contributed by atoms with Crippen LogP contribution in [-0.2, 0) is 0 Å². The minimum Gasteiger partial charge on any atom is -0.355 e. The summed E-state index contributed by atoms with van der Waals surface area (Å²) in [5, 5.41) is 24.5. The average molecular weight is 418 g/mol. The number of nitrogens with one attached hydrogen (secondary N) is 2. The van der Waals surface area contributed by atoms with Gasteiger partial charge in [-0.25, -0.2) is 9.07 Å². The van der Waals surface area contributed by atoms with Gasteiger partial charge in [0, 0.05) is 48.5 Å². The highest BCUT2D eigenvalue weighted by Gasteiger charge is 2.35. The van der Waals surface area contributed by atoms with Gasteiger partial charge in [0.25, 0.3) is 0 Å². The number of aromatic nitrogens is 6. The number of hydrogen-bond acceptors (Lipinski definition) is 6. The standard InChI is InChI=1S/C22H23FN8/c1-30(15-9-13-3-4-14(10-15)26-13)20-6-5-19(27-28-20)16-11-18(23)22(31-8-2-7-25-31)17-12-24-29-21(16)17/h2,5-8,11-15,26H,3-4,9-10H2,1H3,(H,24,29)/t13-,14+,15?. The maximum absolute atomic E-state index is 15.1. The zero-order chi connectivity index (χ0) is 20.9. The van der Waals surface area contributed by atoms with Crippen molar-refractivity contribution in [2.24, 2.45) is 0 Å². The lowest BCUT2D eigenvalue weighted by Gasteiger charge is -2.36. The number of piperidine rings is 1. The summed E-state index contributed by atoms with van der Waals surface area (Å²) in [5.74, 6) is 0.449. The van der Waals surface area contributed by atoms with E-state index in [2.05, 4.69) is 42.8 Å². The van der Waals surface area contributed by atoms with E-state index in [9.17, 15) is 0 Å². The van der Waals surface area contributed by atoms with Crippen molar-refractivity contribution < 1.29 is 4.39 Å². The van der Waals surface area contributed by atoms with Gasteiger partial charge < -0.3 is 10.2 Å². The maximum atomic E-state index is 15.1. The number of halogens is 1. The zero-order valence-electron chi connectivity index (χ0n) is 17.2. The number of hydrogen-bond donors (Lipinski definition) is 2. The van der Waals surface area contributed by atoms with Crippen LogP contribution in [0.5, 0.6) is 0 Å². The Kier molecular flexibility index (Phi) is 4.24. The molecule has 9 heteroatoms. The van der Waals surface area contributed by atoms with Crippen molar-refractivity contribution in [3.63, 3.8) is 0 Å². The van der Waals surface area contributed by atoms with Gasteiger partial charge in [0.1, 0.15) is 11.5 Å². The maximum Gasteiger partial charge on any atom is 0.151 e. The van der Waals surface area contributed by atoms with Crippen LogP contribution in [0.25, 0.3) is 27.8 Å². The first-order valence-electron chi connectivity index (χ1n) is 10.7. The van der Waals surface area contributed by atoms with E-state index in [4.69, 9.17) is 0 Å². The van der Waals surface area contributed by atoms with Gasteiger partial charge in [0.2, 0.25) is 0 Å². The number of anilines is 1. The third-order valence-corrected chi connectivity index (χ3v) is 6.68. The molecule has 2 aliphatic rings. The van der Waals surface area contributed by atoms with E-state index in [-0.39, 0.29) is 5.82 Å². The molecular formula is C22H23FN8. The Balaban J connectivity index is 1.33. The van der Waals surface area contributed by atoms with Crippen molar-refractivity contribution in [3.05, 3.63) is 48.7 Å². The van der Waals surface area contributed by atoms with E-state index in [1.807, 2.05) is 12.1 Å². The zero-order valence-corrected chi connectivity index (χ0v) is 17.2. The molecule has 0 spiro atoms. The van der Waals surface area contributed by atoms with Gasteiger partial charge in [0.05, 0.1) is 17.4 Å². The Hall–Kier alpha value is -3.33. The van der Waals surface area contributed by atoms with Crippen LogP contribution in [0.4, 0.5) is 10.2 Å². The first kappa shape index (κ1) is 18.4. The molecule has 2 fully saturated rings. The lowest BCUT2D eigenvalue weighted by molar-refractivity contribution is 0.353. The molecule has 6 rings (SSSR count). The van der Waals surface area contributed by atoms with Crippen LogP contribution >= 0.6 is 0 Å². The van der Waals surface area contributed by atoms with Crippen LogP contribution < -0.4 is 10.2 Å². The minimum atomic E-state index is -0.388. The van der Waals surface area contributed by atoms with Crippen molar-refractivity contribution in [2.45, 2.75) is 43.8 Å². The fourth-order valence-corrected chi connectivity index (χ4v) is 5.09. The predicted molar refractivity (Wildman–Crippen MR) is 116 cm³/mol. The van der Waals surface area contributed by atoms with E-state index in [1.165, 1.54) is 23.6 Å². The molecule has 3 aromatic heterocycles. The van der Waals surface area contributed by atoms with Crippen molar-refractivity contribution in [1.82, 2.24) is 35.5 Å². The fraction of sp³-hybridized carbons (Fsp3) is 0.364. The number of aromatic amines is 1. The Morgan fingerprint density at radius 2 is 2.00 bits per heavy atom. The molecule has 3 atom stereocenters. The molecule has 2 aliphatic heterocycles. The van der Waals surface area contributed by atoms with Crippen molar-refractivity contribution in [1.29, 1.82) is 0 Å². The monoisotopic (exact) mass is 418 g/mol. The summed E-state index contributed by atoms with van der Waals surface area (Å²) in [6.45, 7) is 0. The third-order valence-electron chi connectivity index (χ3n) is 6.68. The summed E-state index contributed by atoms with van der Waals surface area (Å²) in [7, 11) is 2.09. The van der Waals surface area contributed by atoms with Gasteiger partial charge in [-0.15, -0.1) is 10.2 Å². The van der Waals surface area contributed by atoms with Gasteiger partial charge >= 0.3 is 0 Å². The molecule has 1 aromatic carbocycles. The summed E-state index contributed by atoms with van der Waals surface area (Å²) in [4.78, 5) is 2.23. The molecule has 8 nitrogen and oxygen atoms in total. The Bertz CT molecular complexity index is 1200. The number of H-pyrrole nitrogens is 1. The second kappa shape index (κ2) is 7.12. The SMILES string of the molecule is CN(c1ccc(-c2cc(F)c(-n3cccn3)c3cn[nH]c23)nn1)C1C[C@H]2CC[C@@H](C1)N2. The normalized spacial score (nSPS) is 22.8. The Labute approximate surface area is 178 Å². The lowest BCUT2D eigenvalue weighted by atomic mass is 9.98. The van der Waals surface area contributed by atoms with Crippen LogP contribution in [0.3, 0.4) is 0 Å². The molecule has 0 amide bonds. The van der Waals surface area contributed by atoms with Crippen LogP contribution in [0.15, 0.2) is 42.9 Å². The largest absolute Gasteiger partial charge is 0.355 e. The van der Waals surface area contributed by atoms with Crippen LogP contribution in [-0.4, -0.2) is 55.3 Å². The summed E-state index contributed by atoms with van der Waals surface area (Å²) >= 11 is 0. The van der Waals surface area contributed by atoms with Crippen LogP contribution in [0.2, 0.25) is 0 Å². The molecule has 0 radical (unpaired) electrons. The number of rotatable bonds is 4. The molecule has 2 bridgehead atoms. The van der Waals surface area contributed by atoms with E-state index in [1.54, 1.807) is 24.7 Å². The number of fused-ring (bicyclic) bond motifs is 3. The molecule has 31 heavy (non-hydrogen) atoms. The minimum absolute atomic E-state index is 0.363. The number of nitrogens with zero attached hydrogens (tertiary/aromatic N) is 6. The van der Waals surface area contributed by atoms with E-state index in [0.717, 1.165) is 18.7 Å². The topological polar surface area (TPSA) is 87.6 Å². The number of benzene rings is 1. The fourth-order valence-electron chi connectivity index (χ4n) is 5.09. The smallest absolute Gasteiger partial charge is 0.151 e. The molecule has 0 saturated carbocycles. The molecule has 2 N–H and O–H groups in total. The molecule has 158 valence electrons. The highest BCUT2D eigenvalue weighted by atomic mass is 19.1. The van der Waals surface area contributed by atoms with Crippen molar-refractivity contribution in [2.75, 3.05) is 11.9 Å². The first-order chi connectivity index (χ1) is 15.2. The predicted octanol–water partition coefficient (Wildman–Crippen LogP) is 3.06. The third kappa shape index (κ3) is 3.07. The van der Waals surface area contributed by atoms with Gasteiger partial charge in [-0.1, -0.05) is 0 Å². The summed E-state index contributed by atoms with van der Waals surface area (Å²) in [5.41, 5.74) is 2.30. The molecule has 5 heterocycles. The molecule has 1 unspecified atom stereocenters. The van der Waals surface area contributed by atoms with E-state index in [0.29, 0.717) is 46.0 Å². The first-order valence-corrected chi connectivity index (χ1v) is 10.7. The summed E-state index contributed by atoms with van der Waals surface area (Å²) < 4.78 is 16.6. The lowest BCUT2D eigenvalue weighted by Crippen LogP contribution is -2.47.